The van der Waals surface area contributed by atoms with Gasteiger partial charge in [0.15, 0.2) is 12.4 Å². The lowest BCUT2D eigenvalue weighted by Gasteiger charge is -2.18. The van der Waals surface area contributed by atoms with E-state index in [9.17, 15) is 14.4 Å². The quantitative estimate of drug-likeness (QED) is 0.776. The highest BCUT2D eigenvalue weighted by Gasteiger charge is 2.26. The van der Waals surface area contributed by atoms with Crippen molar-refractivity contribution in [2.24, 2.45) is 0 Å². The zero-order valence-electron chi connectivity index (χ0n) is 13.7. The van der Waals surface area contributed by atoms with Crippen molar-refractivity contribution in [3.63, 3.8) is 0 Å². The van der Waals surface area contributed by atoms with Crippen molar-refractivity contribution in [3.8, 4) is 0 Å². The van der Waals surface area contributed by atoms with Gasteiger partial charge in [0.05, 0.1) is 24.6 Å². The Kier molecular flexibility index (Phi) is 4.83. The normalized spacial score (nSPS) is 13.8. The summed E-state index contributed by atoms with van der Waals surface area (Å²) in [6.07, 6.45) is 2.56. The van der Waals surface area contributed by atoms with E-state index in [1.807, 2.05) is 0 Å². The molecule has 1 fully saturated rings. The van der Waals surface area contributed by atoms with Crippen LogP contribution in [0.15, 0.2) is 41.0 Å². The Bertz CT molecular complexity index is 809. The number of para-hydroxylation sites is 1. The molecule has 3 rings (SSSR count). The van der Waals surface area contributed by atoms with Crippen LogP contribution < -0.4 is 4.90 Å². The average Bonchev–Trinajstić information content (AvgIpc) is 3.27. The highest BCUT2D eigenvalue weighted by atomic mass is 16.5. The smallest absolute Gasteiger partial charge is 0.341 e. The molecule has 2 heterocycles. The number of anilines is 1. The van der Waals surface area contributed by atoms with Crippen LogP contribution in [0.2, 0.25) is 0 Å². The first kappa shape index (κ1) is 16.8. The number of carbonyl (C=O) groups is 3. The molecule has 25 heavy (non-hydrogen) atoms. The highest BCUT2D eigenvalue weighted by Crippen LogP contribution is 2.26. The molecule has 0 saturated carbocycles. The van der Waals surface area contributed by atoms with Gasteiger partial charge in [-0.25, -0.2) is 9.59 Å². The maximum absolute atomic E-state index is 12.5. The molecule has 7 heteroatoms. The molecule has 0 unspecified atom stereocenters. The molecule has 2 aromatic rings. The van der Waals surface area contributed by atoms with E-state index >= 15 is 0 Å². The van der Waals surface area contributed by atoms with E-state index in [0.717, 1.165) is 6.42 Å². The highest BCUT2D eigenvalue weighted by molar-refractivity contribution is 6.03. The summed E-state index contributed by atoms with van der Waals surface area (Å²) < 4.78 is 15.1. The fraction of sp³-hybridized carbons (Fsp3) is 0.278. The Labute approximate surface area is 144 Å². The summed E-state index contributed by atoms with van der Waals surface area (Å²) in [5, 5.41) is 0. The average molecular weight is 343 g/mol. The minimum atomic E-state index is -0.595. The first-order valence-electron chi connectivity index (χ1n) is 7.83. The summed E-state index contributed by atoms with van der Waals surface area (Å²) in [5.41, 5.74) is 1.03. The predicted octanol–water partition coefficient (Wildman–Crippen LogP) is 2.55. The lowest BCUT2D eigenvalue weighted by atomic mass is 10.1. The summed E-state index contributed by atoms with van der Waals surface area (Å²) in [6, 6.07) is 8.23. The van der Waals surface area contributed by atoms with Gasteiger partial charge in [0.1, 0.15) is 5.56 Å². The van der Waals surface area contributed by atoms with E-state index in [4.69, 9.17) is 9.15 Å². The van der Waals surface area contributed by atoms with Gasteiger partial charge in [0, 0.05) is 13.0 Å². The van der Waals surface area contributed by atoms with E-state index in [0.29, 0.717) is 24.2 Å². The minimum Gasteiger partial charge on any atom is -0.465 e. The van der Waals surface area contributed by atoms with Crippen molar-refractivity contribution in [1.29, 1.82) is 0 Å². The fourth-order valence-corrected chi connectivity index (χ4v) is 2.74. The van der Waals surface area contributed by atoms with E-state index in [-0.39, 0.29) is 23.8 Å². The Hall–Kier alpha value is -3.09. The lowest BCUT2D eigenvalue weighted by molar-refractivity contribution is -0.117. The summed E-state index contributed by atoms with van der Waals surface area (Å²) in [6.45, 7) is 0.367. The van der Waals surface area contributed by atoms with Crippen LogP contribution in [0.4, 0.5) is 5.69 Å². The minimum absolute atomic E-state index is 0.0146. The van der Waals surface area contributed by atoms with Gasteiger partial charge in [-0.1, -0.05) is 12.1 Å². The molecule has 1 aromatic heterocycles. The maximum atomic E-state index is 12.5. The number of esters is 2. The van der Waals surface area contributed by atoms with Crippen molar-refractivity contribution < 1.29 is 28.3 Å². The van der Waals surface area contributed by atoms with Crippen molar-refractivity contribution in [3.05, 3.63) is 53.5 Å². The van der Waals surface area contributed by atoms with Gasteiger partial charge in [-0.2, -0.15) is 0 Å². The van der Waals surface area contributed by atoms with Crippen LogP contribution in [0.25, 0.3) is 0 Å². The monoisotopic (exact) mass is 343 g/mol. The van der Waals surface area contributed by atoms with Crippen LogP contribution >= 0.6 is 0 Å². The summed E-state index contributed by atoms with van der Waals surface area (Å²) in [7, 11) is 1.26. The van der Waals surface area contributed by atoms with E-state index in [2.05, 4.69) is 4.74 Å². The number of amides is 1. The van der Waals surface area contributed by atoms with Crippen LogP contribution in [0.3, 0.4) is 0 Å². The second-order valence-electron chi connectivity index (χ2n) is 5.49. The second kappa shape index (κ2) is 7.21. The molecule has 1 amide bonds. The number of hydrogen-bond donors (Lipinski definition) is 0. The molecule has 0 bridgehead atoms. The number of carbonyl (C=O) groups excluding carboxylic acids is 3. The van der Waals surface area contributed by atoms with Crippen molar-refractivity contribution in [2.45, 2.75) is 19.4 Å². The van der Waals surface area contributed by atoms with Crippen LogP contribution in [-0.2, 0) is 20.9 Å². The van der Waals surface area contributed by atoms with Crippen molar-refractivity contribution in [1.82, 2.24) is 0 Å². The molecule has 1 aliphatic rings. The van der Waals surface area contributed by atoms with Gasteiger partial charge >= 0.3 is 11.9 Å². The first-order valence-corrected chi connectivity index (χ1v) is 7.83. The molecule has 7 nitrogen and oxygen atoms in total. The Morgan fingerprint density at radius 1 is 1.16 bits per heavy atom. The molecule has 1 saturated heterocycles. The molecule has 0 aliphatic carbocycles. The number of hydrogen-bond acceptors (Lipinski definition) is 6. The van der Waals surface area contributed by atoms with Crippen LogP contribution in [0.1, 0.15) is 39.3 Å². The summed E-state index contributed by atoms with van der Waals surface area (Å²) in [5.74, 6) is -0.973. The van der Waals surface area contributed by atoms with E-state index in [1.54, 1.807) is 29.2 Å². The first-order chi connectivity index (χ1) is 12.1. The van der Waals surface area contributed by atoms with Crippen LogP contribution in [0, 0.1) is 0 Å². The molecule has 0 N–H and O–H groups in total. The lowest BCUT2D eigenvalue weighted by Crippen LogP contribution is -2.26. The third-order valence-electron chi connectivity index (χ3n) is 3.97. The molecular weight excluding hydrogens is 326 g/mol. The van der Waals surface area contributed by atoms with Gasteiger partial charge in [0.2, 0.25) is 5.91 Å². The summed E-state index contributed by atoms with van der Waals surface area (Å²) >= 11 is 0. The molecular formula is C18H17NO6. The zero-order chi connectivity index (χ0) is 17.8. The number of methoxy groups -OCH3 is 1. The van der Waals surface area contributed by atoms with E-state index < -0.39 is 11.9 Å². The van der Waals surface area contributed by atoms with Crippen LogP contribution in [0.5, 0.6) is 0 Å². The predicted molar refractivity (Wildman–Crippen MR) is 87.2 cm³/mol. The van der Waals surface area contributed by atoms with Crippen LogP contribution in [-0.4, -0.2) is 31.5 Å². The van der Waals surface area contributed by atoms with E-state index in [1.165, 1.54) is 19.4 Å². The van der Waals surface area contributed by atoms with Gasteiger partial charge in [-0.3, -0.25) is 4.79 Å². The summed E-state index contributed by atoms with van der Waals surface area (Å²) in [4.78, 5) is 37.6. The molecule has 0 radical (unpaired) electrons. The van der Waals surface area contributed by atoms with Gasteiger partial charge < -0.3 is 18.8 Å². The van der Waals surface area contributed by atoms with Gasteiger partial charge in [0.25, 0.3) is 0 Å². The molecule has 1 aliphatic heterocycles. The number of benzene rings is 1. The van der Waals surface area contributed by atoms with Crippen molar-refractivity contribution >= 4 is 23.5 Å². The molecule has 1 aromatic carbocycles. The standard InChI is InChI=1S/C18H17NO6/c1-23-17(21)13-8-10-24-15(13)11-25-18(22)12-5-2-3-6-14(12)19-9-4-7-16(19)20/h2-3,5-6,8,10H,4,7,9,11H2,1H3. The number of furan rings is 1. The number of nitrogens with zero attached hydrogens (tertiary/aromatic N) is 1. The Morgan fingerprint density at radius 3 is 2.68 bits per heavy atom. The van der Waals surface area contributed by atoms with Gasteiger partial charge in [-0.15, -0.1) is 0 Å². The SMILES string of the molecule is COC(=O)c1ccoc1COC(=O)c1ccccc1N1CCCC1=O. The fourth-order valence-electron chi connectivity index (χ4n) is 2.74. The Morgan fingerprint density at radius 2 is 1.96 bits per heavy atom. The molecule has 0 atom stereocenters. The third kappa shape index (κ3) is 3.40. The second-order valence-corrected chi connectivity index (χ2v) is 5.49. The number of rotatable bonds is 5. The zero-order valence-corrected chi connectivity index (χ0v) is 13.7. The molecule has 130 valence electrons. The third-order valence-corrected chi connectivity index (χ3v) is 3.97. The van der Waals surface area contributed by atoms with Crippen molar-refractivity contribution in [2.75, 3.05) is 18.6 Å². The largest absolute Gasteiger partial charge is 0.465 e. The Balaban J connectivity index is 1.76. The maximum Gasteiger partial charge on any atom is 0.341 e. The molecule has 0 spiro atoms. The topological polar surface area (TPSA) is 86.1 Å². The van der Waals surface area contributed by atoms with Gasteiger partial charge in [-0.05, 0) is 24.6 Å². The number of ether oxygens (including phenoxy) is 2.